The van der Waals surface area contributed by atoms with Crippen LogP contribution in [0.5, 0.6) is 11.6 Å². The predicted molar refractivity (Wildman–Crippen MR) is 125 cm³/mol. The van der Waals surface area contributed by atoms with E-state index in [0.717, 1.165) is 35.5 Å². The van der Waals surface area contributed by atoms with Gasteiger partial charge in [0, 0.05) is 23.8 Å². The zero-order valence-corrected chi connectivity index (χ0v) is 19.3. The molecule has 2 aromatic carbocycles. The molecule has 0 saturated heterocycles. The number of anilines is 1. The fourth-order valence-electron chi connectivity index (χ4n) is 3.61. The zero-order valence-electron chi connectivity index (χ0n) is 18.4. The first-order valence-corrected chi connectivity index (χ1v) is 11.7. The van der Waals surface area contributed by atoms with Crippen LogP contribution in [0.15, 0.2) is 53.7 Å². The van der Waals surface area contributed by atoms with Gasteiger partial charge in [0.1, 0.15) is 5.75 Å². The number of unbranched alkanes of at least 4 members (excludes halogenated alkanes) is 2. The number of carbonyl (C=O) groups excluding carboxylic acids is 1. The number of fused-ring (bicyclic) bond motifs is 3. The van der Waals surface area contributed by atoms with Crippen molar-refractivity contribution in [1.82, 2.24) is 15.2 Å². The van der Waals surface area contributed by atoms with Crippen LogP contribution in [0.4, 0.5) is 5.69 Å². The summed E-state index contributed by atoms with van der Waals surface area (Å²) in [6.07, 6.45) is 2.73. The molecule has 0 aliphatic carbocycles. The van der Waals surface area contributed by atoms with Crippen LogP contribution in [0.3, 0.4) is 0 Å². The minimum absolute atomic E-state index is 0.145. The van der Waals surface area contributed by atoms with Gasteiger partial charge in [0.2, 0.25) is 23.2 Å². The van der Waals surface area contributed by atoms with E-state index in [-0.39, 0.29) is 5.91 Å². The smallest absolute Gasteiger partial charge is 0.247 e. The molecule has 166 valence electrons. The third kappa shape index (κ3) is 4.55. The normalized spacial score (nSPS) is 14.7. The summed E-state index contributed by atoms with van der Waals surface area (Å²) in [5.74, 6) is 1.88. The van der Waals surface area contributed by atoms with Gasteiger partial charge in [-0.25, -0.2) is 0 Å². The molecule has 0 fully saturated rings. The zero-order chi connectivity index (χ0) is 22.5. The molecule has 7 nitrogen and oxygen atoms in total. The molecule has 1 atom stereocenters. The van der Waals surface area contributed by atoms with Crippen LogP contribution in [0.25, 0.3) is 11.3 Å². The maximum Gasteiger partial charge on any atom is 0.247 e. The van der Waals surface area contributed by atoms with E-state index in [0.29, 0.717) is 22.4 Å². The predicted octanol–water partition coefficient (Wildman–Crippen LogP) is 5.27. The molecule has 8 heteroatoms. The van der Waals surface area contributed by atoms with Gasteiger partial charge in [-0.3, -0.25) is 9.69 Å². The summed E-state index contributed by atoms with van der Waals surface area (Å²) in [7, 11) is 1.62. The summed E-state index contributed by atoms with van der Waals surface area (Å²) in [6, 6.07) is 15.1. The van der Waals surface area contributed by atoms with Gasteiger partial charge in [-0.05, 0) is 36.8 Å². The highest BCUT2D eigenvalue weighted by Gasteiger charge is 2.34. The molecule has 1 aromatic heterocycles. The van der Waals surface area contributed by atoms with Crippen LogP contribution in [-0.2, 0) is 4.79 Å². The summed E-state index contributed by atoms with van der Waals surface area (Å²) in [5, 5.41) is 9.35. The van der Waals surface area contributed by atoms with Gasteiger partial charge < -0.3 is 9.47 Å². The topological polar surface area (TPSA) is 77.4 Å². The Labute approximate surface area is 192 Å². The number of amides is 1. The Kier molecular flexibility index (Phi) is 6.90. The molecule has 0 radical (unpaired) electrons. The number of rotatable bonds is 7. The molecule has 1 aliphatic rings. The molecule has 32 heavy (non-hydrogen) atoms. The van der Waals surface area contributed by atoms with Crippen LogP contribution in [-0.4, -0.2) is 34.0 Å². The van der Waals surface area contributed by atoms with Crippen molar-refractivity contribution in [2.75, 3.05) is 17.8 Å². The second-order valence-corrected chi connectivity index (χ2v) is 8.52. The summed E-state index contributed by atoms with van der Waals surface area (Å²) in [4.78, 5) is 19.1. The van der Waals surface area contributed by atoms with Gasteiger partial charge in [0.05, 0.1) is 12.8 Å². The van der Waals surface area contributed by atoms with Gasteiger partial charge in [0.25, 0.3) is 0 Å². The summed E-state index contributed by atoms with van der Waals surface area (Å²) >= 11 is 1.57. The van der Waals surface area contributed by atoms with E-state index in [9.17, 15) is 4.79 Å². The van der Waals surface area contributed by atoms with E-state index in [1.165, 1.54) is 13.3 Å². The first-order chi connectivity index (χ1) is 15.6. The number of thioether (sulfide) groups is 1. The first kappa shape index (κ1) is 22.1. The summed E-state index contributed by atoms with van der Waals surface area (Å²) < 4.78 is 11.7. The molecule has 0 N–H and O–H groups in total. The fourth-order valence-corrected chi connectivity index (χ4v) is 4.39. The van der Waals surface area contributed by atoms with Crippen molar-refractivity contribution in [3.8, 4) is 22.9 Å². The van der Waals surface area contributed by atoms with Crippen LogP contribution in [0, 0.1) is 0 Å². The van der Waals surface area contributed by atoms with E-state index in [2.05, 4.69) is 22.1 Å². The lowest BCUT2D eigenvalue weighted by molar-refractivity contribution is -0.118. The van der Waals surface area contributed by atoms with Crippen molar-refractivity contribution in [3.63, 3.8) is 0 Å². The van der Waals surface area contributed by atoms with Gasteiger partial charge >= 0.3 is 0 Å². The molecule has 4 rings (SSSR count). The van der Waals surface area contributed by atoms with E-state index < -0.39 is 6.23 Å². The average molecular weight is 451 g/mol. The Balaban J connectivity index is 1.78. The number of hydrogen-bond donors (Lipinski definition) is 0. The van der Waals surface area contributed by atoms with E-state index in [4.69, 9.17) is 9.47 Å². The number of carbonyl (C=O) groups is 1. The van der Waals surface area contributed by atoms with Crippen LogP contribution in [0.1, 0.15) is 44.9 Å². The second-order valence-electron chi connectivity index (χ2n) is 7.45. The number of hydrogen-bond acceptors (Lipinski definition) is 7. The monoisotopic (exact) mass is 450 g/mol. The van der Waals surface area contributed by atoms with Crippen LogP contribution < -0.4 is 14.4 Å². The van der Waals surface area contributed by atoms with Crippen molar-refractivity contribution >= 4 is 23.4 Å². The maximum atomic E-state index is 12.8. The van der Waals surface area contributed by atoms with Crippen molar-refractivity contribution in [3.05, 3.63) is 54.1 Å². The Hall–Kier alpha value is -3.13. The van der Waals surface area contributed by atoms with E-state index in [1.54, 1.807) is 23.8 Å². The highest BCUT2D eigenvalue weighted by atomic mass is 32.2. The highest BCUT2D eigenvalue weighted by Crippen LogP contribution is 2.43. The lowest BCUT2D eigenvalue weighted by Crippen LogP contribution is -2.36. The van der Waals surface area contributed by atoms with Gasteiger partial charge in [0.15, 0.2) is 5.69 Å². The SMILES string of the molecule is CCCCCSc1nnc2c(n1)OC(c1ccc(OC)cc1)N(C(C)=O)c1ccccc1-2. The Morgan fingerprint density at radius 3 is 2.62 bits per heavy atom. The van der Waals surface area contributed by atoms with E-state index >= 15 is 0 Å². The van der Waals surface area contributed by atoms with Gasteiger partial charge in [-0.2, -0.15) is 4.98 Å². The number of nitrogens with zero attached hydrogens (tertiary/aromatic N) is 4. The van der Waals surface area contributed by atoms with Crippen molar-refractivity contribution < 1.29 is 14.3 Å². The number of aromatic nitrogens is 3. The summed E-state index contributed by atoms with van der Waals surface area (Å²) in [6.45, 7) is 3.71. The first-order valence-electron chi connectivity index (χ1n) is 10.7. The standard InChI is InChI=1S/C24H26N4O3S/c1-4-5-8-15-32-24-25-22-21(26-27-24)19-9-6-7-10-20(19)28(16(2)29)23(31-22)17-11-13-18(30-3)14-12-17/h6-7,9-14,23H,4-5,8,15H2,1-3H3. The van der Waals surface area contributed by atoms with Crippen LogP contribution >= 0.6 is 11.8 Å². The molecular weight excluding hydrogens is 424 g/mol. The lowest BCUT2D eigenvalue weighted by atomic mass is 10.1. The molecule has 3 aromatic rings. The van der Waals surface area contributed by atoms with Crippen molar-refractivity contribution in [2.24, 2.45) is 0 Å². The third-order valence-corrected chi connectivity index (χ3v) is 6.15. The molecule has 1 aliphatic heterocycles. The number of methoxy groups -OCH3 is 1. The Bertz CT molecular complexity index is 1090. The Morgan fingerprint density at radius 1 is 1.12 bits per heavy atom. The fraction of sp³-hybridized carbons (Fsp3) is 0.333. The minimum Gasteiger partial charge on any atom is -0.497 e. The molecule has 0 bridgehead atoms. The molecule has 0 spiro atoms. The molecule has 0 saturated carbocycles. The highest BCUT2D eigenvalue weighted by molar-refractivity contribution is 7.99. The van der Waals surface area contributed by atoms with Crippen LogP contribution in [0.2, 0.25) is 0 Å². The van der Waals surface area contributed by atoms with Crippen molar-refractivity contribution in [1.29, 1.82) is 0 Å². The Morgan fingerprint density at radius 2 is 1.91 bits per heavy atom. The molecular formula is C24H26N4O3S. The second kappa shape index (κ2) is 9.99. The molecule has 1 unspecified atom stereocenters. The number of benzene rings is 2. The average Bonchev–Trinajstić information content (AvgIpc) is 2.96. The minimum atomic E-state index is -0.699. The molecule has 1 amide bonds. The van der Waals surface area contributed by atoms with Gasteiger partial charge in [-0.15, -0.1) is 10.2 Å². The van der Waals surface area contributed by atoms with Gasteiger partial charge in [-0.1, -0.05) is 49.7 Å². The summed E-state index contributed by atoms with van der Waals surface area (Å²) in [5.41, 5.74) is 2.80. The van der Waals surface area contributed by atoms with Crippen molar-refractivity contribution in [2.45, 2.75) is 44.5 Å². The third-order valence-electron chi connectivity index (χ3n) is 5.23. The quantitative estimate of drug-likeness (QED) is 0.358. The maximum absolute atomic E-state index is 12.8. The molecule has 2 heterocycles. The lowest BCUT2D eigenvalue weighted by Gasteiger charge is -2.29. The van der Waals surface area contributed by atoms with E-state index in [1.807, 2.05) is 48.5 Å². The largest absolute Gasteiger partial charge is 0.497 e. The number of ether oxygens (including phenoxy) is 2. The number of para-hydroxylation sites is 1.